The lowest BCUT2D eigenvalue weighted by Crippen LogP contribution is -2.46. The Morgan fingerprint density at radius 1 is 0.938 bits per heavy atom. The molecule has 2 amide bonds. The topological polar surface area (TPSA) is 41.1 Å². The van der Waals surface area contributed by atoms with Crippen LogP contribution in [0.15, 0.2) is 12.2 Å². The molecule has 0 aromatic rings. The van der Waals surface area contributed by atoms with Gasteiger partial charge in [0.2, 0.25) is 0 Å². The number of hydrogen-bond acceptors (Lipinski definition) is 1. The quantitative estimate of drug-likeness (QED) is 0.693. The van der Waals surface area contributed by atoms with Gasteiger partial charge in [0, 0.05) is 12.1 Å². The van der Waals surface area contributed by atoms with E-state index in [1.807, 2.05) is 0 Å². The van der Waals surface area contributed by atoms with E-state index in [0.717, 1.165) is 32.1 Å². The molecule has 90 valence electrons. The largest absolute Gasteiger partial charge is 0.335 e. The van der Waals surface area contributed by atoms with Crippen LogP contribution in [0.4, 0.5) is 4.79 Å². The third-order valence-corrected chi connectivity index (χ3v) is 3.54. The molecule has 0 aromatic carbocycles. The smallest absolute Gasteiger partial charge is 0.315 e. The first-order chi connectivity index (χ1) is 7.84. The maximum absolute atomic E-state index is 11.7. The fraction of sp³-hybridized carbons (Fsp3) is 0.769. The number of urea groups is 1. The molecular weight excluding hydrogens is 200 g/mol. The van der Waals surface area contributed by atoms with Crippen molar-refractivity contribution in [3.05, 3.63) is 12.2 Å². The highest BCUT2D eigenvalue weighted by Gasteiger charge is 2.17. The molecule has 1 fully saturated rings. The maximum Gasteiger partial charge on any atom is 0.315 e. The number of carbonyl (C=O) groups is 1. The third kappa shape index (κ3) is 3.54. The first-order valence-corrected chi connectivity index (χ1v) is 6.56. The minimum atomic E-state index is 0.0344. The molecule has 1 saturated carbocycles. The second kappa shape index (κ2) is 5.92. The van der Waals surface area contributed by atoms with Gasteiger partial charge in [-0.2, -0.15) is 0 Å². The van der Waals surface area contributed by atoms with E-state index in [1.165, 1.54) is 19.3 Å². The van der Waals surface area contributed by atoms with Crippen molar-refractivity contribution in [2.24, 2.45) is 0 Å². The van der Waals surface area contributed by atoms with Crippen LogP contribution < -0.4 is 10.6 Å². The lowest BCUT2D eigenvalue weighted by atomic mass is 9.96. The molecule has 0 bridgehead atoms. The van der Waals surface area contributed by atoms with E-state index in [0.29, 0.717) is 12.1 Å². The molecule has 0 heterocycles. The van der Waals surface area contributed by atoms with Gasteiger partial charge in [0.15, 0.2) is 0 Å². The van der Waals surface area contributed by atoms with Gasteiger partial charge < -0.3 is 10.6 Å². The van der Waals surface area contributed by atoms with Crippen molar-refractivity contribution in [1.82, 2.24) is 10.6 Å². The van der Waals surface area contributed by atoms with E-state index in [-0.39, 0.29) is 6.03 Å². The molecule has 3 nitrogen and oxygen atoms in total. The van der Waals surface area contributed by atoms with E-state index in [1.54, 1.807) is 0 Å². The van der Waals surface area contributed by atoms with Gasteiger partial charge in [0.1, 0.15) is 0 Å². The Hall–Kier alpha value is -0.990. The maximum atomic E-state index is 11.7. The van der Waals surface area contributed by atoms with Crippen LogP contribution >= 0.6 is 0 Å². The number of carbonyl (C=O) groups excluding carboxylic acids is 1. The predicted molar refractivity (Wildman–Crippen MR) is 65.3 cm³/mol. The van der Waals surface area contributed by atoms with Gasteiger partial charge in [-0.15, -0.1) is 0 Å². The van der Waals surface area contributed by atoms with Crippen LogP contribution in [0.2, 0.25) is 0 Å². The zero-order valence-electron chi connectivity index (χ0n) is 9.87. The molecule has 2 aliphatic rings. The zero-order valence-corrected chi connectivity index (χ0v) is 9.87. The highest BCUT2D eigenvalue weighted by Crippen LogP contribution is 2.17. The molecule has 2 N–H and O–H groups in total. The monoisotopic (exact) mass is 222 g/mol. The Labute approximate surface area is 97.7 Å². The molecule has 2 rings (SSSR count). The van der Waals surface area contributed by atoms with Crippen LogP contribution in [0.3, 0.4) is 0 Å². The molecular formula is C13H22N2O. The Bertz CT molecular complexity index is 257. The fourth-order valence-electron chi connectivity index (χ4n) is 2.58. The van der Waals surface area contributed by atoms with E-state index in [4.69, 9.17) is 0 Å². The molecule has 0 radical (unpaired) electrons. The van der Waals surface area contributed by atoms with Gasteiger partial charge in [-0.05, 0) is 32.1 Å². The number of amides is 2. The number of rotatable bonds is 2. The molecule has 0 aliphatic heterocycles. The van der Waals surface area contributed by atoms with Crippen molar-refractivity contribution < 1.29 is 4.79 Å². The number of hydrogen-bond donors (Lipinski definition) is 2. The molecule has 2 aliphatic carbocycles. The Balaban J connectivity index is 1.68. The first kappa shape index (κ1) is 11.5. The van der Waals surface area contributed by atoms with Crippen molar-refractivity contribution in [2.45, 2.75) is 63.5 Å². The third-order valence-electron chi connectivity index (χ3n) is 3.54. The van der Waals surface area contributed by atoms with E-state index in [9.17, 15) is 4.79 Å². The highest BCUT2D eigenvalue weighted by atomic mass is 16.2. The summed E-state index contributed by atoms with van der Waals surface area (Å²) in [6, 6.07) is 0.786. The van der Waals surface area contributed by atoms with Crippen LogP contribution in [0.1, 0.15) is 51.4 Å². The van der Waals surface area contributed by atoms with Crippen molar-refractivity contribution in [3.8, 4) is 0 Å². The predicted octanol–water partition coefficient (Wildman–Crippen LogP) is 2.73. The van der Waals surface area contributed by atoms with Gasteiger partial charge in [-0.25, -0.2) is 4.79 Å². The summed E-state index contributed by atoms with van der Waals surface area (Å²) in [5.74, 6) is 0. The fourth-order valence-corrected chi connectivity index (χ4v) is 2.58. The normalized spacial score (nSPS) is 26.4. The SMILES string of the molecule is O=C(NC1CC=CCC1)NC1CCCCC1. The van der Waals surface area contributed by atoms with Crippen LogP contribution in [0.25, 0.3) is 0 Å². The number of nitrogens with one attached hydrogen (secondary N) is 2. The summed E-state index contributed by atoms with van der Waals surface area (Å²) in [6.07, 6.45) is 13.7. The zero-order chi connectivity index (χ0) is 11.2. The average Bonchev–Trinajstić information content (AvgIpc) is 2.31. The van der Waals surface area contributed by atoms with Crippen molar-refractivity contribution >= 4 is 6.03 Å². The molecule has 1 atom stereocenters. The van der Waals surface area contributed by atoms with E-state index in [2.05, 4.69) is 22.8 Å². The molecule has 0 aromatic heterocycles. The van der Waals surface area contributed by atoms with Gasteiger partial charge in [-0.1, -0.05) is 31.4 Å². The molecule has 16 heavy (non-hydrogen) atoms. The van der Waals surface area contributed by atoms with Gasteiger partial charge in [0.05, 0.1) is 0 Å². The second-order valence-electron chi connectivity index (χ2n) is 4.93. The van der Waals surface area contributed by atoms with Crippen LogP contribution in [-0.2, 0) is 0 Å². The first-order valence-electron chi connectivity index (χ1n) is 6.56. The summed E-state index contributed by atoms with van der Waals surface area (Å²) in [4.78, 5) is 11.7. The highest BCUT2D eigenvalue weighted by molar-refractivity contribution is 5.74. The van der Waals surface area contributed by atoms with Crippen LogP contribution in [-0.4, -0.2) is 18.1 Å². The lowest BCUT2D eigenvalue weighted by molar-refractivity contribution is 0.228. The Morgan fingerprint density at radius 3 is 2.38 bits per heavy atom. The minimum absolute atomic E-state index is 0.0344. The van der Waals surface area contributed by atoms with Crippen LogP contribution in [0, 0.1) is 0 Å². The van der Waals surface area contributed by atoms with Gasteiger partial charge in [-0.3, -0.25) is 0 Å². The van der Waals surface area contributed by atoms with Crippen molar-refractivity contribution in [2.75, 3.05) is 0 Å². The van der Waals surface area contributed by atoms with Gasteiger partial charge in [0.25, 0.3) is 0 Å². The molecule has 1 unspecified atom stereocenters. The summed E-state index contributed by atoms with van der Waals surface area (Å²) in [5.41, 5.74) is 0. The van der Waals surface area contributed by atoms with Crippen molar-refractivity contribution in [3.63, 3.8) is 0 Å². The minimum Gasteiger partial charge on any atom is -0.335 e. The van der Waals surface area contributed by atoms with E-state index < -0.39 is 0 Å². The standard InChI is InChI=1S/C13H22N2O/c16-13(14-11-7-3-1-4-8-11)15-12-9-5-2-6-10-12/h1,3,11-12H,2,4-10H2,(H2,14,15,16). The molecule has 0 spiro atoms. The summed E-state index contributed by atoms with van der Waals surface area (Å²) < 4.78 is 0. The van der Waals surface area contributed by atoms with E-state index >= 15 is 0 Å². The average molecular weight is 222 g/mol. The Kier molecular flexibility index (Phi) is 4.25. The van der Waals surface area contributed by atoms with Gasteiger partial charge >= 0.3 is 6.03 Å². The molecule has 0 saturated heterocycles. The second-order valence-corrected chi connectivity index (χ2v) is 4.93. The Morgan fingerprint density at radius 2 is 1.69 bits per heavy atom. The number of allylic oxidation sites excluding steroid dienone is 1. The summed E-state index contributed by atoms with van der Waals surface area (Å²) in [7, 11) is 0. The van der Waals surface area contributed by atoms with Crippen LogP contribution in [0.5, 0.6) is 0 Å². The molecule has 3 heteroatoms. The summed E-state index contributed by atoms with van der Waals surface area (Å²) in [6.45, 7) is 0. The summed E-state index contributed by atoms with van der Waals surface area (Å²) >= 11 is 0. The summed E-state index contributed by atoms with van der Waals surface area (Å²) in [5, 5.41) is 6.16. The lowest BCUT2D eigenvalue weighted by Gasteiger charge is -2.25. The van der Waals surface area contributed by atoms with Crippen molar-refractivity contribution in [1.29, 1.82) is 0 Å².